The van der Waals surface area contributed by atoms with Gasteiger partial charge in [-0.05, 0) is 54.8 Å². The van der Waals surface area contributed by atoms with E-state index in [0.29, 0.717) is 37.3 Å². The first-order valence-corrected chi connectivity index (χ1v) is 8.79. The van der Waals surface area contributed by atoms with Crippen LogP contribution in [0.5, 0.6) is 5.75 Å². The second-order valence-corrected chi connectivity index (χ2v) is 6.29. The van der Waals surface area contributed by atoms with Crippen molar-refractivity contribution in [1.29, 1.82) is 0 Å². The van der Waals surface area contributed by atoms with Crippen LogP contribution in [0, 0.1) is 5.82 Å². The number of urea groups is 1. The number of amides is 2. The van der Waals surface area contributed by atoms with Crippen molar-refractivity contribution in [3.63, 3.8) is 0 Å². The number of nitrogens with one attached hydrogen (secondary N) is 1. The molecule has 152 valence electrons. The van der Waals surface area contributed by atoms with Crippen LogP contribution in [0.3, 0.4) is 0 Å². The fourth-order valence-electron chi connectivity index (χ4n) is 2.42. The average Bonchev–Trinajstić information content (AvgIpc) is 2.65. The lowest BCUT2D eigenvalue weighted by atomic mass is 10.1. The van der Waals surface area contributed by atoms with E-state index >= 15 is 0 Å². The van der Waals surface area contributed by atoms with Gasteiger partial charge < -0.3 is 15.0 Å². The van der Waals surface area contributed by atoms with Gasteiger partial charge in [0.2, 0.25) is 0 Å². The zero-order valence-electron chi connectivity index (χ0n) is 15.4. The zero-order valence-corrected chi connectivity index (χ0v) is 15.4. The molecule has 1 N–H and O–H groups in total. The lowest BCUT2D eigenvalue weighted by Gasteiger charge is -2.18. The maximum atomic E-state index is 12.8. The van der Waals surface area contributed by atoms with Crippen molar-refractivity contribution >= 4 is 6.03 Å². The number of halogens is 4. The van der Waals surface area contributed by atoms with Gasteiger partial charge in [-0.3, -0.25) is 0 Å². The SMILES string of the molecule is CN(Cc1ccc(C(F)(F)F)cc1)C(=O)NCCCCOc1ccc(F)cc1. The summed E-state index contributed by atoms with van der Waals surface area (Å²) in [5.41, 5.74) is -0.107. The number of carbonyl (C=O) groups excluding carboxylic acids is 1. The molecule has 2 aromatic carbocycles. The van der Waals surface area contributed by atoms with Gasteiger partial charge >= 0.3 is 12.2 Å². The second kappa shape index (κ2) is 9.96. The Kier molecular flexibility index (Phi) is 7.66. The highest BCUT2D eigenvalue weighted by molar-refractivity contribution is 5.73. The first-order chi connectivity index (χ1) is 13.3. The van der Waals surface area contributed by atoms with Gasteiger partial charge in [-0.1, -0.05) is 12.1 Å². The predicted octanol–water partition coefficient (Wildman–Crippen LogP) is 4.85. The van der Waals surface area contributed by atoms with Crippen LogP contribution in [-0.2, 0) is 12.7 Å². The average molecular weight is 398 g/mol. The van der Waals surface area contributed by atoms with E-state index in [1.54, 1.807) is 19.2 Å². The van der Waals surface area contributed by atoms with Gasteiger partial charge in [0.05, 0.1) is 12.2 Å². The molecule has 2 aromatic rings. The molecule has 0 radical (unpaired) electrons. The van der Waals surface area contributed by atoms with Crippen molar-refractivity contribution in [3.05, 3.63) is 65.5 Å². The van der Waals surface area contributed by atoms with E-state index in [0.717, 1.165) is 12.1 Å². The van der Waals surface area contributed by atoms with Gasteiger partial charge in [0, 0.05) is 20.1 Å². The monoisotopic (exact) mass is 398 g/mol. The van der Waals surface area contributed by atoms with Crippen LogP contribution in [0.4, 0.5) is 22.4 Å². The number of rotatable bonds is 8. The minimum Gasteiger partial charge on any atom is -0.494 e. The van der Waals surface area contributed by atoms with Gasteiger partial charge in [0.15, 0.2) is 0 Å². The highest BCUT2D eigenvalue weighted by Gasteiger charge is 2.29. The summed E-state index contributed by atoms with van der Waals surface area (Å²) >= 11 is 0. The Morgan fingerprint density at radius 1 is 1.04 bits per heavy atom. The Morgan fingerprint density at radius 2 is 1.68 bits per heavy atom. The minimum absolute atomic E-state index is 0.206. The van der Waals surface area contributed by atoms with Crippen molar-refractivity contribution in [1.82, 2.24) is 10.2 Å². The predicted molar refractivity (Wildman–Crippen MR) is 97.4 cm³/mol. The largest absolute Gasteiger partial charge is 0.494 e. The first kappa shape index (κ1) is 21.5. The molecule has 0 aliphatic rings. The summed E-state index contributed by atoms with van der Waals surface area (Å²) in [5, 5.41) is 2.75. The van der Waals surface area contributed by atoms with Gasteiger partial charge in [-0.2, -0.15) is 13.2 Å². The zero-order chi connectivity index (χ0) is 20.6. The number of hydrogen-bond donors (Lipinski definition) is 1. The Bertz CT molecular complexity index is 746. The summed E-state index contributed by atoms with van der Waals surface area (Å²) in [6.07, 6.45) is -2.97. The Labute approximate surface area is 161 Å². The number of alkyl halides is 3. The summed E-state index contributed by atoms with van der Waals surface area (Å²) in [6.45, 7) is 1.10. The molecule has 0 heterocycles. The molecule has 4 nitrogen and oxygen atoms in total. The Morgan fingerprint density at radius 3 is 2.29 bits per heavy atom. The van der Waals surface area contributed by atoms with Crippen LogP contribution < -0.4 is 10.1 Å². The van der Waals surface area contributed by atoms with Crippen molar-refractivity contribution in [3.8, 4) is 5.75 Å². The number of hydrogen-bond acceptors (Lipinski definition) is 2. The lowest BCUT2D eigenvalue weighted by Crippen LogP contribution is -2.37. The van der Waals surface area contributed by atoms with E-state index in [-0.39, 0.29) is 18.4 Å². The smallest absolute Gasteiger partial charge is 0.416 e. The molecule has 0 unspecified atom stereocenters. The van der Waals surface area contributed by atoms with E-state index in [4.69, 9.17) is 4.74 Å². The minimum atomic E-state index is -4.37. The number of ether oxygens (including phenoxy) is 1. The van der Waals surface area contributed by atoms with Crippen LogP contribution in [-0.4, -0.2) is 31.1 Å². The maximum absolute atomic E-state index is 12.8. The summed E-state index contributed by atoms with van der Waals surface area (Å²) < 4.78 is 55.9. The van der Waals surface area contributed by atoms with Gasteiger partial charge in [-0.15, -0.1) is 0 Å². The summed E-state index contributed by atoms with van der Waals surface area (Å²) in [5.74, 6) is 0.261. The third-order valence-electron chi connectivity index (χ3n) is 3.98. The van der Waals surface area contributed by atoms with Crippen LogP contribution in [0.1, 0.15) is 24.0 Å². The number of benzene rings is 2. The fourth-order valence-corrected chi connectivity index (χ4v) is 2.42. The van der Waals surface area contributed by atoms with Crippen molar-refractivity contribution in [2.24, 2.45) is 0 Å². The van der Waals surface area contributed by atoms with Crippen molar-refractivity contribution < 1.29 is 27.1 Å². The Hall–Kier alpha value is -2.77. The quantitative estimate of drug-likeness (QED) is 0.510. The summed E-state index contributed by atoms with van der Waals surface area (Å²) in [6, 6.07) is 10.2. The van der Waals surface area contributed by atoms with Crippen LogP contribution in [0.15, 0.2) is 48.5 Å². The van der Waals surface area contributed by atoms with Gasteiger partial charge in [0.1, 0.15) is 11.6 Å². The first-order valence-electron chi connectivity index (χ1n) is 8.79. The lowest BCUT2D eigenvalue weighted by molar-refractivity contribution is -0.137. The maximum Gasteiger partial charge on any atom is 0.416 e. The summed E-state index contributed by atoms with van der Waals surface area (Å²) in [4.78, 5) is 13.4. The van der Waals surface area contributed by atoms with Gasteiger partial charge in [0.25, 0.3) is 0 Å². The molecule has 8 heteroatoms. The topological polar surface area (TPSA) is 41.6 Å². The normalized spacial score (nSPS) is 11.2. The standard InChI is InChI=1S/C20H22F4N2O2/c1-26(14-15-4-6-16(7-5-15)20(22,23)24)19(27)25-12-2-3-13-28-18-10-8-17(21)9-11-18/h4-11H,2-3,12-14H2,1H3,(H,25,27). The van der Waals surface area contributed by atoms with Crippen LogP contribution >= 0.6 is 0 Å². The number of nitrogens with zero attached hydrogens (tertiary/aromatic N) is 1. The highest BCUT2D eigenvalue weighted by atomic mass is 19.4. The van der Waals surface area contributed by atoms with Crippen LogP contribution in [0.2, 0.25) is 0 Å². The van der Waals surface area contributed by atoms with Crippen molar-refractivity contribution in [2.45, 2.75) is 25.6 Å². The molecule has 2 amide bonds. The molecular weight excluding hydrogens is 376 g/mol. The molecule has 0 saturated heterocycles. The second-order valence-electron chi connectivity index (χ2n) is 6.29. The molecule has 0 fully saturated rings. The van der Waals surface area contributed by atoms with E-state index in [2.05, 4.69) is 5.32 Å². The molecule has 0 bridgehead atoms. The summed E-state index contributed by atoms with van der Waals surface area (Å²) in [7, 11) is 1.57. The molecule has 0 aliphatic carbocycles. The number of carbonyl (C=O) groups is 1. The van der Waals surface area contributed by atoms with Gasteiger partial charge in [-0.25, -0.2) is 9.18 Å². The Balaban J connectivity index is 1.63. The third kappa shape index (κ3) is 7.09. The van der Waals surface area contributed by atoms with E-state index < -0.39 is 11.7 Å². The van der Waals surface area contributed by atoms with E-state index in [1.165, 1.54) is 29.2 Å². The molecule has 0 aromatic heterocycles. The highest BCUT2D eigenvalue weighted by Crippen LogP contribution is 2.29. The molecular formula is C20H22F4N2O2. The molecule has 0 atom stereocenters. The van der Waals surface area contributed by atoms with E-state index in [9.17, 15) is 22.4 Å². The molecule has 0 saturated carbocycles. The molecule has 0 aliphatic heterocycles. The third-order valence-corrected chi connectivity index (χ3v) is 3.98. The number of unbranched alkanes of at least 4 members (excludes halogenated alkanes) is 1. The van der Waals surface area contributed by atoms with Crippen molar-refractivity contribution in [2.75, 3.05) is 20.2 Å². The molecule has 2 rings (SSSR count). The van der Waals surface area contributed by atoms with E-state index in [1.807, 2.05) is 0 Å². The van der Waals surface area contributed by atoms with Crippen LogP contribution in [0.25, 0.3) is 0 Å². The molecule has 28 heavy (non-hydrogen) atoms. The molecule has 0 spiro atoms. The fraction of sp³-hybridized carbons (Fsp3) is 0.350.